The normalized spacial score (nSPS) is 20.9. The minimum Gasteiger partial charge on any atom is -0.368 e. The Labute approximate surface area is 149 Å². The molecule has 0 spiro atoms. The van der Waals surface area contributed by atoms with Gasteiger partial charge < -0.3 is 10.6 Å². The van der Waals surface area contributed by atoms with Crippen LogP contribution < -0.4 is 5.73 Å². The second kappa shape index (κ2) is 8.02. The molecule has 0 bridgehead atoms. The number of carbonyl (C=O) groups is 2. The van der Waals surface area contributed by atoms with E-state index in [1.54, 1.807) is 9.58 Å². The van der Waals surface area contributed by atoms with E-state index in [1.165, 1.54) is 32.1 Å². The average molecular weight is 346 g/mol. The molecule has 6 nitrogen and oxygen atoms in total. The Balaban J connectivity index is 1.69. The van der Waals surface area contributed by atoms with Crippen LogP contribution in [0.3, 0.4) is 0 Å². The smallest absolute Gasteiger partial charge is 0.237 e. The Bertz CT molecular complexity index is 619. The fourth-order valence-corrected chi connectivity index (χ4v) is 4.41. The number of carbonyl (C=O) groups excluding carboxylic acids is 2. The summed E-state index contributed by atoms with van der Waals surface area (Å²) in [4.78, 5) is 26.4. The van der Waals surface area contributed by atoms with Crippen molar-refractivity contribution in [1.29, 1.82) is 0 Å². The van der Waals surface area contributed by atoms with E-state index in [9.17, 15) is 9.59 Å². The highest BCUT2D eigenvalue weighted by Gasteiger charge is 2.32. The van der Waals surface area contributed by atoms with E-state index in [1.807, 2.05) is 13.2 Å². The second-order valence-electron chi connectivity index (χ2n) is 7.67. The molecule has 2 amide bonds. The number of hydrogen-bond donors (Lipinski definition) is 1. The molecule has 3 rings (SSSR count). The third-order valence-corrected chi connectivity index (χ3v) is 5.71. The highest BCUT2D eigenvalue weighted by Crippen LogP contribution is 2.33. The van der Waals surface area contributed by atoms with Crippen molar-refractivity contribution in [2.75, 3.05) is 13.1 Å². The highest BCUT2D eigenvalue weighted by atomic mass is 16.2. The molecule has 0 aromatic carbocycles. The van der Waals surface area contributed by atoms with Crippen LogP contribution in [-0.2, 0) is 23.1 Å². The Kier molecular flexibility index (Phi) is 5.76. The standard InChI is InChI=1S/C19H30N4O2/c1-22-12-16-15(8-5-9-17(16)21-22)19(25)23(13-18(20)24)11-10-14-6-3-2-4-7-14/h12,14-15H,2-11,13H2,1H3,(H2,20,24)/t15-/m0/s1. The average Bonchev–Trinajstić information content (AvgIpc) is 2.98. The minimum absolute atomic E-state index is 0.0254. The molecule has 2 aliphatic carbocycles. The molecule has 2 aliphatic rings. The van der Waals surface area contributed by atoms with Crippen molar-refractivity contribution in [2.45, 2.75) is 63.7 Å². The zero-order valence-corrected chi connectivity index (χ0v) is 15.2. The maximum atomic E-state index is 13.2. The summed E-state index contributed by atoms with van der Waals surface area (Å²) in [5.74, 6) is 0.114. The lowest BCUT2D eigenvalue weighted by Crippen LogP contribution is -2.42. The predicted molar refractivity (Wildman–Crippen MR) is 95.9 cm³/mol. The number of rotatable bonds is 6. The number of nitrogens with two attached hydrogens (primary N) is 1. The molecule has 0 radical (unpaired) electrons. The van der Waals surface area contributed by atoms with Crippen molar-refractivity contribution in [3.05, 3.63) is 17.5 Å². The number of nitrogens with zero attached hydrogens (tertiary/aromatic N) is 3. The summed E-state index contributed by atoms with van der Waals surface area (Å²) < 4.78 is 1.79. The van der Waals surface area contributed by atoms with Crippen LogP contribution in [0.1, 0.15) is 68.5 Å². The van der Waals surface area contributed by atoms with Crippen LogP contribution in [0.4, 0.5) is 0 Å². The van der Waals surface area contributed by atoms with Crippen LogP contribution in [0, 0.1) is 5.92 Å². The molecule has 1 atom stereocenters. The van der Waals surface area contributed by atoms with E-state index in [4.69, 9.17) is 5.73 Å². The maximum absolute atomic E-state index is 13.2. The fraction of sp³-hybridized carbons (Fsp3) is 0.737. The first-order chi connectivity index (χ1) is 12.0. The molecular weight excluding hydrogens is 316 g/mol. The quantitative estimate of drug-likeness (QED) is 0.857. The first-order valence-corrected chi connectivity index (χ1v) is 9.64. The van der Waals surface area contributed by atoms with Gasteiger partial charge in [-0.3, -0.25) is 14.3 Å². The lowest BCUT2D eigenvalue weighted by atomic mass is 9.85. The molecule has 1 aromatic heterocycles. The van der Waals surface area contributed by atoms with Crippen molar-refractivity contribution in [1.82, 2.24) is 14.7 Å². The number of fused-ring (bicyclic) bond motifs is 1. The number of aromatic nitrogens is 2. The van der Waals surface area contributed by atoms with E-state index in [0.717, 1.165) is 36.9 Å². The van der Waals surface area contributed by atoms with Crippen LogP contribution in [0.5, 0.6) is 0 Å². The molecule has 6 heteroatoms. The van der Waals surface area contributed by atoms with E-state index in [-0.39, 0.29) is 18.4 Å². The molecule has 0 unspecified atom stereocenters. The van der Waals surface area contributed by atoms with Gasteiger partial charge in [0.25, 0.3) is 0 Å². The molecule has 2 N–H and O–H groups in total. The van der Waals surface area contributed by atoms with Gasteiger partial charge in [0.2, 0.25) is 11.8 Å². The number of hydrogen-bond acceptors (Lipinski definition) is 3. The molecule has 1 fully saturated rings. The van der Waals surface area contributed by atoms with E-state index < -0.39 is 5.91 Å². The van der Waals surface area contributed by atoms with Gasteiger partial charge in [-0.25, -0.2) is 0 Å². The van der Waals surface area contributed by atoms with Crippen LogP contribution >= 0.6 is 0 Å². The molecule has 0 saturated heterocycles. The van der Waals surface area contributed by atoms with Crippen molar-refractivity contribution in [2.24, 2.45) is 18.7 Å². The van der Waals surface area contributed by atoms with Crippen molar-refractivity contribution < 1.29 is 9.59 Å². The lowest BCUT2D eigenvalue weighted by molar-refractivity contribution is -0.137. The highest BCUT2D eigenvalue weighted by molar-refractivity contribution is 5.88. The molecule has 1 saturated carbocycles. The zero-order valence-electron chi connectivity index (χ0n) is 15.2. The number of aryl methyl sites for hydroxylation is 2. The predicted octanol–water partition coefficient (Wildman–Crippen LogP) is 2.12. The summed E-state index contributed by atoms with van der Waals surface area (Å²) in [5, 5.41) is 4.48. The van der Waals surface area contributed by atoms with Crippen LogP contribution in [0.15, 0.2) is 6.20 Å². The maximum Gasteiger partial charge on any atom is 0.237 e. The summed E-state index contributed by atoms with van der Waals surface area (Å²) in [6.45, 7) is 0.663. The van der Waals surface area contributed by atoms with Gasteiger partial charge in [-0.15, -0.1) is 0 Å². The van der Waals surface area contributed by atoms with Crippen molar-refractivity contribution >= 4 is 11.8 Å². The molecule has 1 heterocycles. The zero-order chi connectivity index (χ0) is 17.8. The van der Waals surface area contributed by atoms with Gasteiger partial charge in [-0.1, -0.05) is 32.1 Å². The summed E-state index contributed by atoms with van der Waals surface area (Å²) in [6, 6.07) is 0. The number of primary amides is 1. The Morgan fingerprint density at radius 3 is 2.72 bits per heavy atom. The van der Waals surface area contributed by atoms with E-state index in [2.05, 4.69) is 5.10 Å². The first kappa shape index (κ1) is 18.0. The van der Waals surface area contributed by atoms with Gasteiger partial charge in [0.05, 0.1) is 18.2 Å². The SMILES string of the molecule is Cn1cc2c(n1)CCC[C@@H]2C(=O)N(CCC1CCCCC1)CC(N)=O. The summed E-state index contributed by atoms with van der Waals surface area (Å²) in [6.07, 6.45) is 12.1. The topological polar surface area (TPSA) is 81.2 Å². The van der Waals surface area contributed by atoms with Crippen LogP contribution in [-0.4, -0.2) is 39.6 Å². The van der Waals surface area contributed by atoms with Gasteiger partial charge in [0.1, 0.15) is 0 Å². The summed E-state index contributed by atoms with van der Waals surface area (Å²) in [7, 11) is 1.89. The number of amides is 2. The van der Waals surface area contributed by atoms with Gasteiger partial charge >= 0.3 is 0 Å². The van der Waals surface area contributed by atoms with Gasteiger partial charge in [0, 0.05) is 25.4 Å². The van der Waals surface area contributed by atoms with Crippen LogP contribution in [0.25, 0.3) is 0 Å². The Hall–Kier alpha value is -1.85. The first-order valence-electron chi connectivity index (χ1n) is 9.64. The molecule has 1 aromatic rings. The van der Waals surface area contributed by atoms with Gasteiger partial charge in [-0.2, -0.15) is 5.10 Å². The largest absolute Gasteiger partial charge is 0.368 e. The second-order valence-corrected chi connectivity index (χ2v) is 7.67. The third-order valence-electron chi connectivity index (χ3n) is 5.71. The summed E-state index contributed by atoms with van der Waals surface area (Å²) in [5.41, 5.74) is 7.48. The van der Waals surface area contributed by atoms with Crippen LogP contribution in [0.2, 0.25) is 0 Å². The van der Waals surface area contributed by atoms with E-state index in [0.29, 0.717) is 12.5 Å². The van der Waals surface area contributed by atoms with Gasteiger partial charge in [0.15, 0.2) is 0 Å². The molecular formula is C19H30N4O2. The third kappa shape index (κ3) is 4.41. The Morgan fingerprint density at radius 1 is 1.24 bits per heavy atom. The monoisotopic (exact) mass is 346 g/mol. The minimum atomic E-state index is -0.431. The van der Waals surface area contributed by atoms with Crippen molar-refractivity contribution in [3.63, 3.8) is 0 Å². The van der Waals surface area contributed by atoms with E-state index >= 15 is 0 Å². The molecule has 0 aliphatic heterocycles. The van der Waals surface area contributed by atoms with Crippen molar-refractivity contribution in [3.8, 4) is 0 Å². The lowest BCUT2D eigenvalue weighted by Gasteiger charge is -2.30. The molecule has 25 heavy (non-hydrogen) atoms. The molecule has 138 valence electrons. The fourth-order valence-electron chi connectivity index (χ4n) is 4.41. The Morgan fingerprint density at radius 2 is 2.00 bits per heavy atom. The summed E-state index contributed by atoms with van der Waals surface area (Å²) >= 11 is 0. The van der Waals surface area contributed by atoms with Gasteiger partial charge in [-0.05, 0) is 31.6 Å².